The van der Waals surface area contributed by atoms with E-state index in [9.17, 15) is 14.4 Å². The van der Waals surface area contributed by atoms with E-state index in [0.717, 1.165) is 5.56 Å². The molecule has 0 unspecified atom stereocenters. The topological polar surface area (TPSA) is 90.0 Å². The number of carboxylic acids is 1. The van der Waals surface area contributed by atoms with Gasteiger partial charge in [-0.05, 0) is 40.8 Å². The van der Waals surface area contributed by atoms with Crippen LogP contribution < -0.4 is 5.32 Å². The van der Waals surface area contributed by atoms with E-state index in [2.05, 4.69) is 26.1 Å². The number of benzene rings is 2. The summed E-state index contributed by atoms with van der Waals surface area (Å²) in [5.74, 6) is -0.928. The van der Waals surface area contributed by atoms with Crippen LogP contribution in [0.15, 0.2) is 48.5 Å². The van der Waals surface area contributed by atoms with E-state index < -0.39 is 11.6 Å². The van der Waals surface area contributed by atoms with Crippen LogP contribution in [0.25, 0.3) is 0 Å². The van der Waals surface area contributed by atoms with Crippen LogP contribution in [0, 0.1) is 0 Å². The molecule has 0 radical (unpaired) electrons. The summed E-state index contributed by atoms with van der Waals surface area (Å²) in [4.78, 5) is 40.5. The van der Waals surface area contributed by atoms with Crippen LogP contribution in [0.2, 0.25) is 0 Å². The number of hydrogen-bond acceptors (Lipinski definition) is 4. The number of carbonyl (C=O) groups excluding carboxylic acids is 2. The lowest BCUT2D eigenvalue weighted by atomic mass is 9.86. The number of nitrogens with one attached hydrogen (secondary N) is 1. The second-order valence-electron chi connectivity index (χ2n) is 9.99. The molecule has 7 heteroatoms. The lowest BCUT2D eigenvalue weighted by Crippen LogP contribution is -2.58. The molecule has 2 fully saturated rings. The Hall–Kier alpha value is -3.19. The smallest absolute Gasteiger partial charge is 0.335 e. The Morgan fingerprint density at radius 1 is 0.970 bits per heavy atom. The maximum absolute atomic E-state index is 13.1. The normalized spacial score (nSPS) is 18.1. The third-order valence-electron chi connectivity index (χ3n) is 6.80. The SMILES string of the molecule is CC(C)(C)c1ccc(C(=O)N2CCC3(CC2)NCC(=O)N3Cc2ccc(C(=O)O)cc2)cc1. The Bertz CT molecular complexity index is 1050. The Morgan fingerprint density at radius 2 is 1.55 bits per heavy atom. The van der Waals surface area contributed by atoms with Gasteiger partial charge in [0.2, 0.25) is 5.91 Å². The first-order valence-electron chi connectivity index (χ1n) is 11.4. The molecule has 0 atom stereocenters. The molecule has 2 heterocycles. The highest BCUT2D eigenvalue weighted by molar-refractivity contribution is 5.94. The molecule has 0 saturated carbocycles. The lowest BCUT2D eigenvalue weighted by molar-refractivity contribution is -0.132. The zero-order valence-electron chi connectivity index (χ0n) is 19.4. The fraction of sp³-hybridized carbons (Fsp3) is 0.423. The lowest BCUT2D eigenvalue weighted by Gasteiger charge is -2.44. The molecule has 4 rings (SSSR count). The zero-order chi connectivity index (χ0) is 23.8. The molecule has 2 aliphatic rings. The number of piperidine rings is 1. The third-order valence-corrected chi connectivity index (χ3v) is 6.80. The van der Waals surface area contributed by atoms with Crippen molar-refractivity contribution in [2.45, 2.75) is 51.2 Å². The molecule has 0 aromatic heterocycles. The quantitative estimate of drug-likeness (QED) is 0.748. The van der Waals surface area contributed by atoms with Crippen molar-refractivity contribution < 1.29 is 19.5 Å². The van der Waals surface area contributed by atoms with E-state index in [0.29, 0.717) is 38.0 Å². The molecule has 1 spiro atoms. The minimum atomic E-state index is -0.970. The van der Waals surface area contributed by atoms with Gasteiger partial charge >= 0.3 is 5.97 Å². The van der Waals surface area contributed by atoms with Crippen molar-refractivity contribution in [2.24, 2.45) is 0 Å². The van der Waals surface area contributed by atoms with Gasteiger partial charge in [-0.3, -0.25) is 14.9 Å². The number of likely N-dealkylation sites (tertiary alicyclic amines) is 1. The minimum absolute atomic E-state index is 0.0189. The van der Waals surface area contributed by atoms with Crippen LogP contribution in [0.1, 0.15) is 65.5 Å². The molecule has 2 aliphatic heterocycles. The van der Waals surface area contributed by atoms with Gasteiger partial charge in [-0.1, -0.05) is 45.0 Å². The van der Waals surface area contributed by atoms with Crippen molar-refractivity contribution in [2.75, 3.05) is 19.6 Å². The van der Waals surface area contributed by atoms with Gasteiger partial charge in [0, 0.05) is 38.0 Å². The molecular weight excluding hydrogens is 418 g/mol. The Balaban J connectivity index is 1.43. The van der Waals surface area contributed by atoms with Gasteiger partial charge in [0.15, 0.2) is 0 Å². The maximum Gasteiger partial charge on any atom is 0.335 e. The van der Waals surface area contributed by atoms with Gasteiger partial charge < -0.3 is 14.9 Å². The number of carbonyl (C=O) groups is 3. The van der Waals surface area contributed by atoms with Crippen molar-refractivity contribution in [3.05, 3.63) is 70.8 Å². The predicted molar refractivity (Wildman–Crippen MR) is 125 cm³/mol. The molecular formula is C26H31N3O4. The fourth-order valence-corrected chi connectivity index (χ4v) is 4.67. The largest absolute Gasteiger partial charge is 0.478 e. The van der Waals surface area contributed by atoms with Crippen LogP contribution in [-0.4, -0.2) is 58.0 Å². The first-order valence-corrected chi connectivity index (χ1v) is 11.4. The predicted octanol–water partition coefficient (Wildman–Crippen LogP) is 3.25. The monoisotopic (exact) mass is 449 g/mol. The number of carboxylic acid groups (broad SMARTS) is 1. The van der Waals surface area contributed by atoms with Crippen molar-refractivity contribution >= 4 is 17.8 Å². The average Bonchev–Trinajstić information content (AvgIpc) is 3.09. The standard InChI is InChI=1S/C26H31N3O4/c1-25(2,3)21-10-8-19(9-11-21)23(31)28-14-12-26(13-15-28)27-16-22(30)29(26)17-18-4-6-20(7-5-18)24(32)33/h4-11,27H,12-17H2,1-3H3,(H,32,33). The molecule has 2 aromatic carbocycles. The number of nitrogens with zero attached hydrogens (tertiary/aromatic N) is 2. The second kappa shape index (κ2) is 8.63. The van der Waals surface area contributed by atoms with E-state index >= 15 is 0 Å². The summed E-state index contributed by atoms with van der Waals surface area (Å²) in [5, 5.41) is 12.5. The summed E-state index contributed by atoms with van der Waals surface area (Å²) >= 11 is 0. The summed E-state index contributed by atoms with van der Waals surface area (Å²) in [6.07, 6.45) is 1.30. The molecule has 2 amide bonds. The Morgan fingerprint density at radius 3 is 2.09 bits per heavy atom. The summed E-state index contributed by atoms with van der Waals surface area (Å²) in [6, 6.07) is 14.5. The molecule has 0 aliphatic carbocycles. The van der Waals surface area contributed by atoms with Crippen LogP contribution in [0.4, 0.5) is 0 Å². The molecule has 33 heavy (non-hydrogen) atoms. The zero-order valence-corrected chi connectivity index (χ0v) is 19.4. The van der Waals surface area contributed by atoms with Gasteiger partial charge in [0.25, 0.3) is 5.91 Å². The van der Waals surface area contributed by atoms with Gasteiger partial charge in [-0.15, -0.1) is 0 Å². The van der Waals surface area contributed by atoms with E-state index in [4.69, 9.17) is 5.11 Å². The Labute approximate surface area is 194 Å². The van der Waals surface area contributed by atoms with E-state index in [1.54, 1.807) is 24.3 Å². The highest BCUT2D eigenvalue weighted by atomic mass is 16.4. The van der Waals surface area contributed by atoms with Crippen LogP contribution in [-0.2, 0) is 16.8 Å². The van der Waals surface area contributed by atoms with E-state index in [1.807, 2.05) is 34.1 Å². The van der Waals surface area contributed by atoms with Crippen molar-refractivity contribution in [3.63, 3.8) is 0 Å². The van der Waals surface area contributed by atoms with Crippen LogP contribution in [0.5, 0.6) is 0 Å². The summed E-state index contributed by atoms with van der Waals surface area (Å²) in [6.45, 7) is 8.26. The summed E-state index contributed by atoms with van der Waals surface area (Å²) in [7, 11) is 0. The molecule has 2 saturated heterocycles. The molecule has 0 bridgehead atoms. The van der Waals surface area contributed by atoms with E-state index in [-0.39, 0.29) is 29.3 Å². The van der Waals surface area contributed by atoms with Gasteiger partial charge in [-0.2, -0.15) is 0 Å². The number of amides is 2. The molecule has 174 valence electrons. The molecule has 7 nitrogen and oxygen atoms in total. The number of rotatable bonds is 4. The molecule has 2 aromatic rings. The third kappa shape index (κ3) is 4.64. The summed E-state index contributed by atoms with van der Waals surface area (Å²) in [5.41, 5.74) is 2.55. The van der Waals surface area contributed by atoms with Crippen LogP contribution >= 0.6 is 0 Å². The van der Waals surface area contributed by atoms with Crippen molar-refractivity contribution in [1.82, 2.24) is 15.1 Å². The van der Waals surface area contributed by atoms with Gasteiger partial charge in [0.1, 0.15) is 0 Å². The van der Waals surface area contributed by atoms with Crippen molar-refractivity contribution in [1.29, 1.82) is 0 Å². The minimum Gasteiger partial charge on any atom is -0.478 e. The number of aromatic carboxylic acids is 1. The molecule has 2 N–H and O–H groups in total. The van der Waals surface area contributed by atoms with Crippen molar-refractivity contribution in [3.8, 4) is 0 Å². The Kier molecular flexibility index (Phi) is 6.01. The van der Waals surface area contributed by atoms with Gasteiger partial charge in [-0.25, -0.2) is 4.79 Å². The fourth-order valence-electron chi connectivity index (χ4n) is 4.67. The maximum atomic E-state index is 13.1. The van der Waals surface area contributed by atoms with Gasteiger partial charge in [0.05, 0.1) is 17.8 Å². The van der Waals surface area contributed by atoms with E-state index in [1.165, 1.54) is 5.56 Å². The second-order valence-corrected chi connectivity index (χ2v) is 9.99. The van der Waals surface area contributed by atoms with Crippen LogP contribution in [0.3, 0.4) is 0 Å². The average molecular weight is 450 g/mol. The summed E-state index contributed by atoms with van der Waals surface area (Å²) < 4.78 is 0. The first-order chi connectivity index (χ1) is 15.6. The highest BCUT2D eigenvalue weighted by Crippen LogP contribution is 2.32. The first kappa shape index (κ1) is 23.0. The number of hydrogen-bond donors (Lipinski definition) is 2. The highest BCUT2D eigenvalue weighted by Gasteiger charge is 2.47.